The van der Waals surface area contributed by atoms with Crippen LogP contribution in [-0.2, 0) is 6.61 Å². The van der Waals surface area contributed by atoms with Gasteiger partial charge < -0.3 is 9.47 Å². The molecule has 0 N–H and O–H groups in total. The van der Waals surface area contributed by atoms with Gasteiger partial charge in [-0.05, 0) is 29.3 Å². The number of ether oxygens (including phenoxy) is 2. The summed E-state index contributed by atoms with van der Waals surface area (Å²) in [6, 6.07) is 25.9. The van der Waals surface area contributed by atoms with Crippen LogP contribution in [0.3, 0.4) is 0 Å². The zero-order chi connectivity index (χ0) is 19.8. The second kappa shape index (κ2) is 9.20. The molecule has 0 aliphatic carbocycles. The molecule has 0 radical (unpaired) electrons. The first kappa shape index (κ1) is 18.9. The van der Waals surface area contributed by atoms with Gasteiger partial charge in [0.25, 0.3) is 0 Å². The van der Waals surface area contributed by atoms with Crippen LogP contribution in [0, 0.1) is 11.3 Å². The largest absolute Gasteiger partial charge is 0.493 e. The molecule has 0 unspecified atom stereocenters. The molecule has 0 saturated carbocycles. The van der Waals surface area contributed by atoms with Crippen LogP contribution in [0.2, 0.25) is 0 Å². The lowest BCUT2D eigenvalue weighted by atomic mass is 10.0. The van der Waals surface area contributed by atoms with Gasteiger partial charge in [0.1, 0.15) is 18.2 Å². The van der Waals surface area contributed by atoms with Gasteiger partial charge >= 0.3 is 0 Å². The van der Waals surface area contributed by atoms with Crippen LogP contribution in [-0.4, -0.2) is 12.9 Å². The predicted molar refractivity (Wildman–Crippen MR) is 108 cm³/mol. The third-order valence-electron chi connectivity index (χ3n) is 4.14. The van der Waals surface area contributed by atoms with Gasteiger partial charge in [-0.25, -0.2) is 0 Å². The summed E-state index contributed by atoms with van der Waals surface area (Å²) in [5.41, 5.74) is 2.27. The Kier molecular flexibility index (Phi) is 6.22. The van der Waals surface area contributed by atoms with Gasteiger partial charge in [0.15, 0.2) is 11.5 Å². The van der Waals surface area contributed by atoms with E-state index in [1.807, 2.05) is 42.5 Å². The molecule has 0 bridgehead atoms. The average molecular weight is 369 g/mol. The van der Waals surface area contributed by atoms with E-state index in [0.717, 1.165) is 5.56 Å². The van der Waals surface area contributed by atoms with Crippen molar-refractivity contribution in [2.24, 2.45) is 0 Å². The summed E-state index contributed by atoms with van der Waals surface area (Å²) < 4.78 is 11.3. The Hall–Kier alpha value is -3.84. The lowest BCUT2D eigenvalue weighted by Gasteiger charge is -2.11. The molecule has 3 aromatic carbocycles. The molecular formula is C24H19NO3. The molecule has 0 amide bonds. The number of ketones is 1. The van der Waals surface area contributed by atoms with Crippen molar-refractivity contribution in [3.63, 3.8) is 0 Å². The fourth-order valence-electron chi connectivity index (χ4n) is 2.69. The number of Topliss-reactive ketones (excluding diaryl/α,β-unsaturated/α-hetero) is 1. The molecule has 4 heteroatoms. The monoisotopic (exact) mass is 369 g/mol. The molecule has 0 saturated heterocycles. The SMILES string of the molecule is COc1cc(/C=C(/C#N)C(=O)c2ccccc2)ccc1OCc1ccccc1. The smallest absolute Gasteiger partial charge is 0.203 e. The number of hydrogen-bond acceptors (Lipinski definition) is 4. The van der Waals surface area contributed by atoms with Crippen LogP contribution in [0.4, 0.5) is 0 Å². The van der Waals surface area contributed by atoms with Crippen LogP contribution < -0.4 is 9.47 Å². The highest BCUT2D eigenvalue weighted by molar-refractivity contribution is 6.14. The van der Waals surface area contributed by atoms with Gasteiger partial charge in [0.2, 0.25) is 5.78 Å². The van der Waals surface area contributed by atoms with Crippen molar-refractivity contribution >= 4 is 11.9 Å². The minimum absolute atomic E-state index is 0.0613. The number of nitriles is 1. The minimum Gasteiger partial charge on any atom is -0.493 e. The van der Waals surface area contributed by atoms with E-state index in [1.54, 1.807) is 55.7 Å². The summed E-state index contributed by atoms with van der Waals surface area (Å²) in [6.07, 6.45) is 1.55. The van der Waals surface area contributed by atoms with E-state index in [9.17, 15) is 10.1 Å². The number of allylic oxidation sites excluding steroid dienone is 1. The van der Waals surface area contributed by atoms with Gasteiger partial charge in [0.05, 0.1) is 7.11 Å². The van der Waals surface area contributed by atoms with E-state index in [2.05, 4.69) is 0 Å². The third kappa shape index (κ3) is 4.66. The van der Waals surface area contributed by atoms with Crippen molar-refractivity contribution in [3.05, 3.63) is 101 Å². The number of methoxy groups -OCH3 is 1. The summed E-state index contributed by atoms with van der Waals surface area (Å²) in [6.45, 7) is 0.419. The van der Waals surface area contributed by atoms with Crippen LogP contribution in [0.25, 0.3) is 6.08 Å². The van der Waals surface area contributed by atoms with E-state index in [0.29, 0.717) is 29.2 Å². The molecule has 3 aromatic rings. The molecule has 0 spiro atoms. The van der Waals surface area contributed by atoms with Crippen molar-refractivity contribution in [2.75, 3.05) is 7.11 Å². The molecule has 3 rings (SSSR count). The molecule has 0 heterocycles. The van der Waals surface area contributed by atoms with Crippen molar-refractivity contribution < 1.29 is 14.3 Å². The van der Waals surface area contributed by atoms with E-state index in [4.69, 9.17) is 9.47 Å². The third-order valence-corrected chi connectivity index (χ3v) is 4.14. The average Bonchev–Trinajstić information content (AvgIpc) is 2.77. The lowest BCUT2D eigenvalue weighted by Crippen LogP contribution is -2.01. The Morgan fingerprint density at radius 2 is 1.64 bits per heavy atom. The topological polar surface area (TPSA) is 59.3 Å². The molecule has 4 nitrogen and oxygen atoms in total. The quantitative estimate of drug-likeness (QED) is 0.332. The normalized spacial score (nSPS) is 10.8. The maximum Gasteiger partial charge on any atom is 0.203 e. The second-order valence-corrected chi connectivity index (χ2v) is 6.05. The zero-order valence-corrected chi connectivity index (χ0v) is 15.5. The van der Waals surface area contributed by atoms with Crippen LogP contribution >= 0.6 is 0 Å². The van der Waals surface area contributed by atoms with Crippen LogP contribution in [0.5, 0.6) is 11.5 Å². The van der Waals surface area contributed by atoms with E-state index < -0.39 is 0 Å². The molecular weight excluding hydrogens is 350 g/mol. The Bertz CT molecular complexity index is 1020. The Labute approximate surface area is 164 Å². The van der Waals surface area contributed by atoms with E-state index >= 15 is 0 Å². The van der Waals surface area contributed by atoms with E-state index in [1.165, 1.54) is 0 Å². The predicted octanol–water partition coefficient (Wildman–Crippen LogP) is 5.06. The first-order chi connectivity index (χ1) is 13.7. The fraction of sp³-hybridized carbons (Fsp3) is 0.0833. The highest BCUT2D eigenvalue weighted by Crippen LogP contribution is 2.30. The summed E-state index contributed by atoms with van der Waals surface area (Å²) in [5, 5.41) is 9.42. The summed E-state index contributed by atoms with van der Waals surface area (Å²) >= 11 is 0. The van der Waals surface area contributed by atoms with Gasteiger partial charge in [-0.2, -0.15) is 5.26 Å². The number of carbonyl (C=O) groups is 1. The molecule has 0 fully saturated rings. The van der Waals surface area contributed by atoms with Crippen LogP contribution in [0.1, 0.15) is 21.5 Å². The summed E-state index contributed by atoms with van der Waals surface area (Å²) in [4.78, 5) is 12.5. The Morgan fingerprint density at radius 3 is 2.29 bits per heavy atom. The first-order valence-corrected chi connectivity index (χ1v) is 8.77. The molecule has 28 heavy (non-hydrogen) atoms. The molecule has 0 aliphatic heterocycles. The molecule has 0 aromatic heterocycles. The van der Waals surface area contributed by atoms with E-state index in [-0.39, 0.29) is 11.4 Å². The highest BCUT2D eigenvalue weighted by atomic mass is 16.5. The molecule has 0 aliphatic rings. The Balaban J connectivity index is 1.81. The van der Waals surface area contributed by atoms with Gasteiger partial charge in [-0.15, -0.1) is 0 Å². The van der Waals surface area contributed by atoms with Gasteiger partial charge in [-0.3, -0.25) is 4.79 Å². The van der Waals surface area contributed by atoms with Crippen LogP contribution in [0.15, 0.2) is 84.4 Å². The number of benzene rings is 3. The standard InChI is InChI=1S/C24H19NO3/c1-27-23-15-19(12-13-22(23)28-17-18-8-4-2-5-9-18)14-21(16-25)24(26)20-10-6-3-7-11-20/h2-15H,17H2,1H3/b21-14-. The number of rotatable bonds is 7. The Morgan fingerprint density at radius 1 is 0.964 bits per heavy atom. The van der Waals surface area contributed by atoms with Crippen molar-refractivity contribution in [1.29, 1.82) is 5.26 Å². The minimum atomic E-state index is -0.313. The maximum atomic E-state index is 12.5. The number of nitrogens with zero attached hydrogens (tertiary/aromatic N) is 1. The van der Waals surface area contributed by atoms with Crippen molar-refractivity contribution in [1.82, 2.24) is 0 Å². The van der Waals surface area contributed by atoms with Crippen molar-refractivity contribution in [2.45, 2.75) is 6.61 Å². The maximum absolute atomic E-state index is 12.5. The fourth-order valence-corrected chi connectivity index (χ4v) is 2.69. The van der Waals surface area contributed by atoms with Crippen molar-refractivity contribution in [3.8, 4) is 17.6 Å². The molecule has 0 atom stereocenters. The lowest BCUT2D eigenvalue weighted by molar-refractivity contribution is 0.104. The number of hydrogen-bond donors (Lipinski definition) is 0. The zero-order valence-electron chi connectivity index (χ0n) is 15.5. The van der Waals surface area contributed by atoms with Gasteiger partial charge in [0, 0.05) is 5.56 Å². The second-order valence-electron chi connectivity index (χ2n) is 6.05. The summed E-state index contributed by atoms with van der Waals surface area (Å²) in [7, 11) is 1.55. The first-order valence-electron chi connectivity index (χ1n) is 8.77. The summed E-state index contributed by atoms with van der Waals surface area (Å²) in [5.74, 6) is 0.817. The molecule has 138 valence electrons. The van der Waals surface area contributed by atoms with Gasteiger partial charge in [-0.1, -0.05) is 66.7 Å². The highest BCUT2D eigenvalue weighted by Gasteiger charge is 2.12. The number of carbonyl (C=O) groups excluding carboxylic acids is 1.